The first kappa shape index (κ1) is 29.1. The molecule has 0 spiro atoms. The van der Waals surface area contributed by atoms with Crippen LogP contribution in [-0.4, -0.2) is 69.6 Å². The highest BCUT2D eigenvalue weighted by atomic mass is 19.1. The molecule has 202 valence electrons. The van der Waals surface area contributed by atoms with Crippen molar-refractivity contribution < 1.29 is 43.2 Å². The van der Waals surface area contributed by atoms with Gasteiger partial charge in [0.05, 0.1) is 0 Å². The lowest BCUT2D eigenvalue weighted by Gasteiger charge is -2.19. The van der Waals surface area contributed by atoms with Crippen molar-refractivity contribution in [1.82, 2.24) is 15.1 Å². The maximum atomic E-state index is 15.0. The molecule has 0 saturated heterocycles. The monoisotopic (exact) mass is 522 g/mol. The summed E-state index contributed by atoms with van der Waals surface area (Å²) >= 11 is 0. The van der Waals surface area contributed by atoms with Crippen LogP contribution in [0.1, 0.15) is 27.2 Å². The lowest BCUT2D eigenvalue weighted by Crippen LogP contribution is -2.33. The van der Waals surface area contributed by atoms with E-state index in [4.69, 9.17) is 19.3 Å². The minimum absolute atomic E-state index is 0.00191. The number of carboxylic acid groups (broad SMARTS) is 1. The molecule has 1 aromatic carbocycles. The number of alkyl carbamates (subject to hydrolysis) is 1. The molecule has 0 aliphatic heterocycles. The number of carbonyl (C=O) groups excluding carboxylic acids is 2. The maximum Gasteiger partial charge on any atom is 0.413 e. The van der Waals surface area contributed by atoms with Crippen LogP contribution in [0.5, 0.6) is 5.75 Å². The Bertz CT molecular complexity index is 1110. The van der Waals surface area contributed by atoms with E-state index in [-0.39, 0.29) is 35.8 Å². The normalized spacial score (nSPS) is 11.8. The van der Waals surface area contributed by atoms with Gasteiger partial charge in [-0.15, -0.1) is 0 Å². The molecule has 0 saturated carbocycles. The van der Waals surface area contributed by atoms with Crippen LogP contribution in [0.15, 0.2) is 37.1 Å². The molecule has 1 atom stereocenters. The number of aliphatic hydroxyl groups excluding tert-OH is 1. The van der Waals surface area contributed by atoms with Crippen LogP contribution in [0.3, 0.4) is 0 Å². The van der Waals surface area contributed by atoms with E-state index in [0.717, 1.165) is 6.07 Å². The average Bonchev–Trinajstić information content (AvgIpc) is 3.19. The van der Waals surface area contributed by atoms with Crippen LogP contribution in [-0.2, 0) is 20.8 Å². The largest absolute Gasteiger partial charge is 0.490 e. The molecule has 37 heavy (non-hydrogen) atoms. The van der Waals surface area contributed by atoms with Crippen molar-refractivity contribution >= 4 is 24.0 Å². The van der Waals surface area contributed by atoms with Gasteiger partial charge in [-0.2, -0.15) is 5.10 Å². The summed E-state index contributed by atoms with van der Waals surface area (Å²) in [4.78, 5) is 34.6. The van der Waals surface area contributed by atoms with Crippen molar-refractivity contribution in [3.8, 4) is 16.9 Å². The Balaban J connectivity index is 2.16. The van der Waals surface area contributed by atoms with Crippen LogP contribution in [0.2, 0.25) is 0 Å². The molecular weight excluding hydrogens is 491 g/mol. The Morgan fingerprint density at radius 3 is 2.59 bits per heavy atom. The van der Waals surface area contributed by atoms with Gasteiger partial charge in [0.25, 0.3) is 0 Å². The number of anilines is 1. The SMILES string of the molecule is C=CCOC(=O)Nc1nn(CCCNC(=O)OC(C)(C)C)cc1-c1ccc(OCC(O)C(=O)O)cc1F. The fourth-order valence-corrected chi connectivity index (χ4v) is 2.89. The smallest absolute Gasteiger partial charge is 0.413 e. The second kappa shape index (κ2) is 13.3. The van der Waals surface area contributed by atoms with E-state index in [9.17, 15) is 23.9 Å². The summed E-state index contributed by atoms with van der Waals surface area (Å²) in [6.45, 7) is 8.73. The van der Waals surface area contributed by atoms with Gasteiger partial charge in [0.2, 0.25) is 0 Å². The third kappa shape index (κ3) is 9.80. The summed E-state index contributed by atoms with van der Waals surface area (Å²) in [6.07, 6.45) is 0.229. The highest BCUT2D eigenvalue weighted by Crippen LogP contribution is 2.31. The predicted molar refractivity (Wildman–Crippen MR) is 131 cm³/mol. The van der Waals surface area contributed by atoms with Crippen molar-refractivity contribution in [2.24, 2.45) is 0 Å². The van der Waals surface area contributed by atoms with Crippen molar-refractivity contribution in [3.63, 3.8) is 0 Å². The number of hydrogen-bond acceptors (Lipinski definition) is 8. The number of aromatic nitrogens is 2. The van der Waals surface area contributed by atoms with Crippen LogP contribution in [0.4, 0.5) is 19.8 Å². The standard InChI is InChI=1S/C24H31FN4O8/c1-5-11-35-23(34)27-20-17(13-29(28-20)10-6-9-26-22(33)37-24(2,3)4)16-8-7-15(12-18(16)25)36-14-19(30)21(31)32/h5,7-8,12-13,19,30H,1,6,9-11,14H2,2-4H3,(H,26,33)(H,31,32)(H,27,28,34). The number of amides is 2. The average molecular weight is 523 g/mol. The first-order valence-electron chi connectivity index (χ1n) is 11.3. The second-order valence-corrected chi connectivity index (χ2v) is 8.76. The van der Waals surface area contributed by atoms with Crippen molar-refractivity contribution in [2.45, 2.75) is 45.4 Å². The molecule has 13 heteroatoms. The van der Waals surface area contributed by atoms with Gasteiger partial charge in [-0.3, -0.25) is 10.00 Å². The summed E-state index contributed by atoms with van der Waals surface area (Å²) in [7, 11) is 0. The first-order chi connectivity index (χ1) is 17.4. The van der Waals surface area contributed by atoms with Crippen molar-refractivity contribution in [2.75, 3.05) is 25.1 Å². The van der Waals surface area contributed by atoms with Crippen LogP contribution in [0.25, 0.3) is 11.1 Å². The summed E-state index contributed by atoms with van der Waals surface area (Å²) in [5, 5.41) is 27.4. The third-order valence-electron chi connectivity index (χ3n) is 4.47. The van der Waals surface area contributed by atoms with E-state index in [1.54, 1.807) is 20.8 Å². The Labute approximate surface area is 213 Å². The fraction of sp³-hybridized carbons (Fsp3) is 0.417. The molecule has 2 rings (SSSR count). The maximum absolute atomic E-state index is 15.0. The number of aliphatic hydroxyl groups is 1. The number of aliphatic carboxylic acids is 1. The van der Waals surface area contributed by atoms with Crippen LogP contribution >= 0.6 is 0 Å². The number of nitrogens with zero attached hydrogens (tertiary/aromatic N) is 2. The minimum atomic E-state index is -1.76. The predicted octanol–water partition coefficient (Wildman–Crippen LogP) is 3.16. The third-order valence-corrected chi connectivity index (χ3v) is 4.47. The number of carboxylic acids is 1. The van der Waals surface area contributed by atoms with Gasteiger partial charge in [-0.1, -0.05) is 12.7 Å². The van der Waals surface area contributed by atoms with E-state index in [2.05, 4.69) is 22.3 Å². The molecule has 0 bridgehead atoms. The molecular formula is C24H31FN4O8. The quantitative estimate of drug-likeness (QED) is 0.242. The zero-order chi connectivity index (χ0) is 27.6. The molecule has 12 nitrogen and oxygen atoms in total. The number of halogens is 1. The number of nitrogens with one attached hydrogen (secondary N) is 2. The summed E-state index contributed by atoms with van der Waals surface area (Å²) in [5.74, 6) is -2.18. The molecule has 0 radical (unpaired) electrons. The molecule has 1 heterocycles. The fourth-order valence-electron chi connectivity index (χ4n) is 2.89. The number of ether oxygens (including phenoxy) is 3. The van der Waals surface area contributed by atoms with Gasteiger partial charge in [0.1, 0.15) is 30.4 Å². The summed E-state index contributed by atoms with van der Waals surface area (Å²) < 4.78 is 31.7. The number of carbonyl (C=O) groups is 3. The van der Waals surface area contributed by atoms with Crippen molar-refractivity contribution in [3.05, 3.63) is 42.9 Å². The van der Waals surface area contributed by atoms with Gasteiger partial charge in [0.15, 0.2) is 11.9 Å². The van der Waals surface area contributed by atoms with E-state index in [1.165, 1.54) is 29.1 Å². The lowest BCUT2D eigenvalue weighted by atomic mass is 10.1. The second-order valence-electron chi connectivity index (χ2n) is 8.76. The number of benzene rings is 1. The number of aryl methyl sites for hydroxylation is 1. The summed E-state index contributed by atoms with van der Waals surface area (Å²) in [5.41, 5.74) is -0.309. The minimum Gasteiger partial charge on any atom is -0.490 e. The molecule has 2 aromatic rings. The molecule has 1 aromatic heterocycles. The highest BCUT2D eigenvalue weighted by Gasteiger charge is 2.20. The van der Waals surface area contributed by atoms with E-state index in [0.29, 0.717) is 13.0 Å². The van der Waals surface area contributed by atoms with E-state index >= 15 is 0 Å². The Morgan fingerprint density at radius 2 is 1.97 bits per heavy atom. The van der Waals surface area contributed by atoms with Crippen LogP contribution in [0, 0.1) is 5.82 Å². The topological polar surface area (TPSA) is 161 Å². The zero-order valence-electron chi connectivity index (χ0n) is 20.8. The molecule has 1 unspecified atom stereocenters. The van der Waals surface area contributed by atoms with Crippen molar-refractivity contribution in [1.29, 1.82) is 0 Å². The van der Waals surface area contributed by atoms with Gasteiger partial charge in [-0.05, 0) is 39.3 Å². The molecule has 4 N–H and O–H groups in total. The van der Waals surface area contributed by atoms with Gasteiger partial charge >= 0.3 is 18.2 Å². The Morgan fingerprint density at radius 1 is 1.24 bits per heavy atom. The van der Waals surface area contributed by atoms with Gasteiger partial charge in [0, 0.05) is 36.5 Å². The molecule has 0 aliphatic rings. The number of rotatable bonds is 12. The summed E-state index contributed by atoms with van der Waals surface area (Å²) in [6, 6.07) is 3.77. The molecule has 0 aliphatic carbocycles. The zero-order valence-corrected chi connectivity index (χ0v) is 20.8. The molecule has 2 amide bonds. The Hall–Kier alpha value is -4.13. The Kier molecular flexibility index (Phi) is 10.4. The van der Waals surface area contributed by atoms with Crippen LogP contribution < -0.4 is 15.4 Å². The molecule has 0 fully saturated rings. The van der Waals surface area contributed by atoms with E-state index in [1.807, 2.05) is 0 Å². The van der Waals surface area contributed by atoms with Gasteiger partial charge in [-0.25, -0.2) is 18.8 Å². The first-order valence-corrected chi connectivity index (χ1v) is 11.3. The number of hydrogen-bond donors (Lipinski definition) is 4. The lowest BCUT2D eigenvalue weighted by molar-refractivity contribution is -0.148. The highest BCUT2D eigenvalue weighted by molar-refractivity contribution is 5.89. The van der Waals surface area contributed by atoms with E-state index < -0.39 is 42.3 Å². The van der Waals surface area contributed by atoms with Gasteiger partial charge < -0.3 is 29.7 Å².